The molecule has 110 valence electrons. The first kappa shape index (κ1) is 14.6. The van der Waals surface area contributed by atoms with Crippen molar-refractivity contribution < 1.29 is 23.4 Å². The van der Waals surface area contributed by atoms with E-state index in [0.29, 0.717) is 6.07 Å². The largest absolute Gasteiger partial charge is 0.504 e. The summed E-state index contributed by atoms with van der Waals surface area (Å²) >= 11 is 0. The summed E-state index contributed by atoms with van der Waals surface area (Å²) < 4.78 is 31.5. The molecule has 0 aliphatic heterocycles. The Balaban J connectivity index is 2.33. The van der Waals surface area contributed by atoms with E-state index in [-0.39, 0.29) is 28.4 Å². The maximum atomic E-state index is 13.6. The lowest BCUT2D eigenvalue weighted by molar-refractivity contribution is 0.102. The van der Waals surface area contributed by atoms with E-state index in [2.05, 4.69) is 5.32 Å². The standard InChI is InChI=1S/C14H12F2N2O3/c1-21-12-4-2-3-7(13(12)19)14(20)18-11-6-10(17)8(15)5-9(11)16/h2-6,19H,17H2,1H3,(H,18,20). The second-order valence-corrected chi connectivity index (χ2v) is 4.16. The molecule has 0 radical (unpaired) electrons. The molecule has 0 saturated heterocycles. The van der Waals surface area contributed by atoms with Crippen LogP contribution in [-0.4, -0.2) is 18.1 Å². The second kappa shape index (κ2) is 5.66. The number of nitrogen functional groups attached to an aromatic ring is 1. The summed E-state index contributed by atoms with van der Waals surface area (Å²) in [5.74, 6) is -2.96. The molecule has 0 saturated carbocycles. The summed E-state index contributed by atoms with van der Waals surface area (Å²) in [5, 5.41) is 12.1. The van der Waals surface area contributed by atoms with Crippen LogP contribution in [0.15, 0.2) is 30.3 Å². The minimum Gasteiger partial charge on any atom is -0.504 e. The fraction of sp³-hybridized carbons (Fsp3) is 0.0714. The molecule has 0 bridgehead atoms. The molecule has 2 rings (SSSR count). The lowest BCUT2D eigenvalue weighted by Crippen LogP contribution is -2.14. The molecule has 2 aromatic carbocycles. The molecule has 21 heavy (non-hydrogen) atoms. The Morgan fingerprint density at radius 2 is 2.00 bits per heavy atom. The Bertz CT molecular complexity index is 705. The van der Waals surface area contributed by atoms with Gasteiger partial charge in [0.05, 0.1) is 24.0 Å². The number of aromatic hydroxyl groups is 1. The summed E-state index contributed by atoms with van der Waals surface area (Å²) in [6.45, 7) is 0. The number of methoxy groups -OCH3 is 1. The van der Waals surface area contributed by atoms with E-state index >= 15 is 0 Å². The molecule has 0 unspecified atom stereocenters. The zero-order valence-corrected chi connectivity index (χ0v) is 11.0. The van der Waals surface area contributed by atoms with Crippen molar-refractivity contribution in [1.82, 2.24) is 0 Å². The van der Waals surface area contributed by atoms with E-state index < -0.39 is 17.5 Å². The van der Waals surface area contributed by atoms with E-state index in [0.717, 1.165) is 6.07 Å². The molecule has 1 amide bonds. The lowest BCUT2D eigenvalue weighted by atomic mass is 10.1. The Kier molecular flexibility index (Phi) is 3.93. The van der Waals surface area contributed by atoms with Crippen molar-refractivity contribution in [3.63, 3.8) is 0 Å². The van der Waals surface area contributed by atoms with Crippen LogP contribution in [0.5, 0.6) is 11.5 Å². The first-order valence-corrected chi connectivity index (χ1v) is 5.86. The number of benzene rings is 2. The summed E-state index contributed by atoms with van der Waals surface area (Å²) in [7, 11) is 1.33. The highest BCUT2D eigenvalue weighted by atomic mass is 19.1. The van der Waals surface area contributed by atoms with Crippen LogP contribution in [0.25, 0.3) is 0 Å². The lowest BCUT2D eigenvalue weighted by Gasteiger charge is -2.10. The maximum absolute atomic E-state index is 13.6. The number of carbonyl (C=O) groups is 1. The monoisotopic (exact) mass is 294 g/mol. The van der Waals surface area contributed by atoms with Gasteiger partial charge in [-0.3, -0.25) is 4.79 Å². The van der Waals surface area contributed by atoms with Gasteiger partial charge in [0.25, 0.3) is 5.91 Å². The zero-order valence-electron chi connectivity index (χ0n) is 11.0. The van der Waals surface area contributed by atoms with Crippen LogP contribution in [0.1, 0.15) is 10.4 Å². The van der Waals surface area contributed by atoms with Gasteiger partial charge >= 0.3 is 0 Å². The van der Waals surface area contributed by atoms with Gasteiger partial charge < -0.3 is 20.9 Å². The average Bonchev–Trinajstić information content (AvgIpc) is 2.44. The summed E-state index contributed by atoms with van der Waals surface area (Å²) in [5.41, 5.74) is 4.61. The highest BCUT2D eigenvalue weighted by molar-refractivity contribution is 6.06. The normalized spacial score (nSPS) is 10.2. The third-order valence-electron chi connectivity index (χ3n) is 2.80. The number of ether oxygens (including phenoxy) is 1. The third-order valence-corrected chi connectivity index (χ3v) is 2.80. The molecular formula is C14H12F2N2O3. The van der Waals surface area contributed by atoms with Crippen LogP contribution >= 0.6 is 0 Å². The number of halogens is 2. The van der Waals surface area contributed by atoms with Gasteiger partial charge in [-0.25, -0.2) is 8.78 Å². The van der Waals surface area contributed by atoms with Crippen molar-refractivity contribution >= 4 is 17.3 Å². The van der Waals surface area contributed by atoms with E-state index in [1.807, 2.05) is 0 Å². The first-order chi connectivity index (χ1) is 9.93. The Labute approximate surface area is 119 Å². The van der Waals surface area contributed by atoms with Crippen molar-refractivity contribution in [3.05, 3.63) is 47.5 Å². The average molecular weight is 294 g/mol. The predicted molar refractivity (Wildman–Crippen MR) is 73.4 cm³/mol. The van der Waals surface area contributed by atoms with Gasteiger partial charge in [-0.05, 0) is 18.2 Å². The van der Waals surface area contributed by atoms with E-state index in [1.54, 1.807) is 0 Å². The molecule has 0 fully saturated rings. The summed E-state index contributed by atoms with van der Waals surface area (Å²) in [4.78, 5) is 12.0. The number of carbonyl (C=O) groups excluding carboxylic acids is 1. The number of nitrogens with two attached hydrogens (primary N) is 1. The number of phenolic OH excluding ortho intramolecular Hbond substituents is 1. The quantitative estimate of drug-likeness (QED) is 0.759. The Hall–Kier alpha value is -2.83. The number of anilines is 2. The van der Waals surface area contributed by atoms with Gasteiger partial charge in [0.15, 0.2) is 11.5 Å². The summed E-state index contributed by atoms with van der Waals surface area (Å²) in [6.07, 6.45) is 0. The molecule has 0 aliphatic rings. The number of para-hydroxylation sites is 1. The van der Waals surface area contributed by atoms with Crippen LogP contribution in [0.3, 0.4) is 0 Å². The number of phenols is 1. The Morgan fingerprint density at radius 1 is 1.29 bits per heavy atom. The molecule has 0 aromatic heterocycles. The number of hydrogen-bond donors (Lipinski definition) is 3. The summed E-state index contributed by atoms with van der Waals surface area (Å²) in [6, 6.07) is 5.81. The topological polar surface area (TPSA) is 84.6 Å². The molecular weight excluding hydrogens is 282 g/mol. The third kappa shape index (κ3) is 2.86. The number of nitrogens with one attached hydrogen (secondary N) is 1. The van der Waals surface area contributed by atoms with Gasteiger partial charge in [0.1, 0.15) is 11.6 Å². The molecule has 0 heterocycles. The maximum Gasteiger partial charge on any atom is 0.259 e. The van der Waals surface area contributed by atoms with Gasteiger partial charge in [0, 0.05) is 6.07 Å². The molecule has 0 atom stereocenters. The molecule has 2 aromatic rings. The molecule has 7 heteroatoms. The molecule has 5 nitrogen and oxygen atoms in total. The molecule has 0 aliphatic carbocycles. The van der Waals surface area contributed by atoms with E-state index in [1.165, 1.54) is 25.3 Å². The van der Waals surface area contributed by atoms with Gasteiger partial charge in [-0.2, -0.15) is 0 Å². The zero-order chi connectivity index (χ0) is 15.6. The van der Waals surface area contributed by atoms with Crippen molar-refractivity contribution in [2.75, 3.05) is 18.2 Å². The molecule has 0 spiro atoms. The van der Waals surface area contributed by atoms with E-state index in [4.69, 9.17) is 10.5 Å². The minimum absolute atomic E-state index is 0.0988. The number of hydrogen-bond acceptors (Lipinski definition) is 4. The fourth-order valence-corrected chi connectivity index (χ4v) is 1.72. The predicted octanol–water partition coefficient (Wildman–Crippen LogP) is 2.51. The van der Waals surface area contributed by atoms with Gasteiger partial charge in [0.2, 0.25) is 0 Å². The highest BCUT2D eigenvalue weighted by Gasteiger charge is 2.17. The van der Waals surface area contributed by atoms with Crippen LogP contribution < -0.4 is 15.8 Å². The van der Waals surface area contributed by atoms with Crippen LogP contribution in [-0.2, 0) is 0 Å². The van der Waals surface area contributed by atoms with Gasteiger partial charge in [-0.15, -0.1) is 0 Å². The van der Waals surface area contributed by atoms with E-state index in [9.17, 15) is 18.7 Å². The van der Waals surface area contributed by atoms with Crippen molar-refractivity contribution in [3.8, 4) is 11.5 Å². The van der Waals surface area contributed by atoms with Crippen LogP contribution in [0, 0.1) is 11.6 Å². The highest BCUT2D eigenvalue weighted by Crippen LogP contribution is 2.30. The number of rotatable bonds is 3. The number of amides is 1. The minimum atomic E-state index is -0.975. The van der Waals surface area contributed by atoms with Crippen molar-refractivity contribution in [2.45, 2.75) is 0 Å². The van der Waals surface area contributed by atoms with Gasteiger partial charge in [-0.1, -0.05) is 6.07 Å². The second-order valence-electron chi connectivity index (χ2n) is 4.16. The Morgan fingerprint density at radius 3 is 2.67 bits per heavy atom. The smallest absolute Gasteiger partial charge is 0.259 e. The SMILES string of the molecule is COc1cccc(C(=O)Nc2cc(N)c(F)cc2F)c1O. The first-order valence-electron chi connectivity index (χ1n) is 5.86. The van der Waals surface area contributed by atoms with Crippen molar-refractivity contribution in [2.24, 2.45) is 0 Å². The van der Waals surface area contributed by atoms with Crippen LogP contribution in [0.2, 0.25) is 0 Å². The van der Waals surface area contributed by atoms with Crippen LogP contribution in [0.4, 0.5) is 20.2 Å². The molecule has 4 N–H and O–H groups in total. The van der Waals surface area contributed by atoms with Crippen molar-refractivity contribution in [1.29, 1.82) is 0 Å². The fourth-order valence-electron chi connectivity index (χ4n) is 1.72.